The van der Waals surface area contributed by atoms with Gasteiger partial charge >= 0.3 is 0 Å². The number of hydrogen-bond donors (Lipinski definition) is 1. The molecule has 0 radical (unpaired) electrons. The third-order valence-corrected chi connectivity index (χ3v) is 3.56. The van der Waals surface area contributed by atoms with Crippen LogP contribution in [-0.2, 0) is 6.61 Å². The van der Waals surface area contributed by atoms with E-state index in [1.807, 2.05) is 0 Å². The molecule has 0 saturated heterocycles. The smallest absolute Gasteiger partial charge is 0.140 e. The summed E-state index contributed by atoms with van der Waals surface area (Å²) >= 11 is 1.34. The van der Waals surface area contributed by atoms with Gasteiger partial charge in [-0.3, -0.25) is 0 Å². The van der Waals surface area contributed by atoms with Gasteiger partial charge in [0, 0.05) is 5.56 Å². The van der Waals surface area contributed by atoms with E-state index in [2.05, 4.69) is 4.98 Å². The number of benzene rings is 1. The van der Waals surface area contributed by atoms with Crippen molar-refractivity contribution >= 4 is 11.3 Å². The van der Waals surface area contributed by atoms with Gasteiger partial charge in [0.05, 0.1) is 22.7 Å². The van der Waals surface area contributed by atoms with E-state index in [4.69, 9.17) is 10.4 Å². The zero-order chi connectivity index (χ0) is 12.4. The summed E-state index contributed by atoms with van der Waals surface area (Å²) in [5, 5.41) is 18.5. The predicted octanol–water partition coefficient (Wildman–Crippen LogP) is 2.62. The number of nitriles is 1. The Labute approximate surface area is 102 Å². The standard InChI is InChI=1S/C12H9FN2OS/c1-7-11(6-16)17-12(15-7)8-2-3-10(13)9(4-8)5-14/h2-4,16H,6H2,1H3. The lowest BCUT2D eigenvalue weighted by Crippen LogP contribution is -1.85. The van der Waals surface area contributed by atoms with Crippen molar-refractivity contribution in [2.75, 3.05) is 0 Å². The third-order valence-electron chi connectivity index (χ3n) is 2.37. The maximum absolute atomic E-state index is 13.2. The SMILES string of the molecule is Cc1nc(-c2ccc(F)c(C#N)c2)sc1CO. The normalized spacial score (nSPS) is 10.2. The zero-order valence-electron chi connectivity index (χ0n) is 9.07. The van der Waals surface area contributed by atoms with Crippen molar-refractivity contribution in [2.45, 2.75) is 13.5 Å². The van der Waals surface area contributed by atoms with Crippen LogP contribution in [-0.4, -0.2) is 10.1 Å². The van der Waals surface area contributed by atoms with Gasteiger partial charge in [-0.25, -0.2) is 9.37 Å². The Balaban J connectivity index is 2.50. The molecular formula is C12H9FN2OS. The van der Waals surface area contributed by atoms with Gasteiger partial charge < -0.3 is 5.11 Å². The number of aryl methyl sites for hydroxylation is 1. The van der Waals surface area contributed by atoms with Gasteiger partial charge in [0.2, 0.25) is 0 Å². The van der Waals surface area contributed by atoms with E-state index in [9.17, 15) is 4.39 Å². The van der Waals surface area contributed by atoms with Crippen LogP contribution in [0.3, 0.4) is 0 Å². The van der Waals surface area contributed by atoms with Gasteiger partial charge in [0.25, 0.3) is 0 Å². The van der Waals surface area contributed by atoms with E-state index in [-0.39, 0.29) is 12.2 Å². The van der Waals surface area contributed by atoms with Crippen LogP contribution in [0.15, 0.2) is 18.2 Å². The first-order valence-electron chi connectivity index (χ1n) is 4.93. The lowest BCUT2D eigenvalue weighted by Gasteiger charge is -1.97. The van der Waals surface area contributed by atoms with Crippen molar-refractivity contribution in [1.29, 1.82) is 5.26 Å². The topological polar surface area (TPSA) is 56.9 Å². The number of aliphatic hydroxyl groups is 1. The molecule has 3 nitrogen and oxygen atoms in total. The Morgan fingerprint density at radius 1 is 1.53 bits per heavy atom. The molecule has 1 aromatic heterocycles. The quantitative estimate of drug-likeness (QED) is 0.888. The predicted molar refractivity (Wildman–Crippen MR) is 62.9 cm³/mol. The number of hydrogen-bond acceptors (Lipinski definition) is 4. The molecule has 0 aliphatic heterocycles. The molecule has 2 aromatic rings. The molecule has 1 heterocycles. The molecule has 5 heteroatoms. The van der Waals surface area contributed by atoms with Crippen molar-refractivity contribution < 1.29 is 9.50 Å². The van der Waals surface area contributed by atoms with Crippen LogP contribution < -0.4 is 0 Å². The summed E-state index contributed by atoms with van der Waals surface area (Å²) in [5.41, 5.74) is 1.45. The average molecular weight is 248 g/mol. The number of aliphatic hydroxyl groups excluding tert-OH is 1. The first kappa shape index (κ1) is 11.7. The molecule has 0 atom stereocenters. The first-order chi connectivity index (χ1) is 8.15. The second kappa shape index (κ2) is 4.62. The molecule has 0 aliphatic rings. The van der Waals surface area contributed by atoms with Crippen molar-refractivity contribution in [2.24, 2.45) is 0 Å². The summed E-state index contributed by atoms with van der Waals surface area (Å²) in [5.74, 6) is -0.535. The monoisotopic (exact) mass is 248 g/mol. The highest BCUT2D eigenvalue weighted by Gasteiger charge is 2.10. The number of nitrogens with zero attached hydrogens (tertiary/aromatic N) is 2. The highest BCUT2D eigenvalue weighted by atomic mass is 32.1. The maximum Gasteiger partial charge on any atom is 0.140 e. The minimum Gasteiger partial charge on any atom is -0.391 e. The minimum atomic E-state index is -0.535. The van der Waals surface area contributed by atoms with Gasteiger partial charge in [0.1, 0.15) is 16.9 Å². The highest BCUT2D eigenvalue weighted by Crippen LogP contribution is 2.28. The number of rotatable bonds is 2. The van der Waals surface area contributed by atoms with E-state index in [1.54, 1.807) is 19.1 Å². The average Bonchev–Trinajstić information content (AvgIpc) is 2.71. The molecule has 17 heavy (non-hydrogen) atoms. The number of aromatic nitrogens is 1. The van der Waals surface area contributed by atoms with Crippen molar-refractivity contribution in [3.05, 3.63) is 40.2 Å². The largest absolute Gasteiger partial charge is 0.391 e. The second-order valence-corrected chi connectivity index (χ2v) is 4.58. The molecule has 0 spiro atoms. The van der Waals surface area contributed by atoms with Crippen LogP contribution in [0.4, 0.5) is 4.39 Å². The molecule has 1 N–H and O–H groups in total. The summed E-state index contributed by atoms with van der Waals surface area (Å²) in [6.07, 6.45) is 0. The fraction of sp³-hybridized carbons (Fsp3) is 0.167. The fourth-order valence-electron chi connectivity index (χ4n) is 1.44. The van der Waals surface area contributed by atoms with Gasteiger partial charge in [-0.15, -0.1) is 11.3 Å². The minimum absolute atomic E-state index is 0.000835. The summed E-state index contributed by atoms with van der Waals surface area (Å²) in [6, 6.07) is 6.09. The molecule has 0 bridgehead atoms. The summed E-state index contributed by atoms with van der Waals surface area (Å²) < 4.78 is 13.2. The molecular weight excluding hydrogens is 239 g/mol. The van der Waals surface area contributed by atoms with Crippen molar-refractivity contribution in [1.82, 2.24) is 4.98 Å². The zero-order valence-corrected chi connectivity index (χ0v) is 9.88. The Kier molecular flexibility index (Phi) is 3.18. The summed E-state index contributed by atoms with van der Waals surface area (Å²) in [7, 11) is 0. The van der Waals surface area contributed by atoms with E-state index >= 15 is 0 Å². The van der Waals surface area contributed by atoms with Crippen LogP contribution >= 0.6 is 11.3 Å². The van der Waals surface area contributed by atoms with Crippen molar-refractivity contribution in [3.8, 4) is 16.6 Å². The molecule has 0 unspecified atom stereocenters. The summed E-state index contributed by atoms with van der Waals surface area (Å²) in [4.78, 5) is 5.06. The molecule has 0 fully saturated rings. The second-order valence-electron chi connectivity index (χ2n) is 3.49. The molecule has 0 amide bonds. The Bertz CT molecular complexity index is 601. The number of thiazole rings is 1. The fourth-order valence-corrected chi connectivity index (χ4v) is 2.36. The molecule has 2 rings (SSSR count). The lowest BCUT2D eigenvalue weighted by atomic mass is 10.1. The highest BCUT2D eigenvalue weighted by molar-refractivity contribution is 7.15. The van der Waals surface area contributed by atoms with Crippen LogP contribution in [0, 0.1) is 24.1 Å². The van der Waals surface area contributed by atoms with E-state index < -0.39 is 5.82 Å². The van der Waals surface area contributed by atoms with E-state index in [0.717, 1.165) is 10.6 Å². The Morgan fingerprint density at radius 2 is 2.29 bits per heavy atom. The van der Waals surface area contributed by atoms with E-state index in [0.29, 0.717) is 10.6 Å². The lowest BCUT2D eigenvalue weighted by molar-refractivity contribution is 0.284. The number of halogens is 1. The molecule has 0 aliphatic carbocycles. The third kappa shape index (κ3) is 2.18. The van der Waals surface area contributed by atoms with Crippen LogP contribution in [0.25, 0.3) is 10.6 Å². The van der Waals surface area contributed by atoms with Crippen LogP contribution in [0.5, 0.6) is 0 Å². The summed E-state index contributed by atoms with van der Waals surface area (Å²) in [6.45, 7) is 1.75. The maximum atomic E-state index is 13.2. The first-order valence-corrected chi connectivity index (χ1v) is 5.74. The Hall–Kier alpha value is -1.77. The van der Waals surface area contributed by atoms with Gasteiger partial charge in [-0.2, -0.15) is 5.26 Å². The van der Waals surface area contributed by atoms with Crippen molar-refractivity contribution in [3.63, 3.8) is 0 Å². The van der Waals surface area contributed by atoms with Crippen LogP contribution in [0.2, 0.25) is 0 Å². The molecule has 1 aromatic carbocycles. The van der Waals surface area contributed by atoms with Gasteiger partial charge in [-0.1, -0.05) is 0 Å². The molecule has 0 saturated carbocycles. The van der Waals surface area contributed by atoms with Crippen LogP contribution in [0.1, 0.15) is 16.1 Å². The Morgan fingerprint density at radius 3 is 2.88 bits per heavy atom. The van der Waals surface area contributed by atoms with Gasteiger partial charge in [-0.05, 0) is 25.1 Å². The van der Waals surface area contributed by atoms with Gasteiger partial charge in [0.15, 0.2) is 0 Å². The van der Waals surface area contributed by atoms with E-state index in [1.165, 1.54) is 23.5 Å². The molecule has 86 valence electrons.